The van der Waals surface area contributed by atoms with Crippen LogP contribution in [0.3, 0.4) is 0 Å². The molecular formula is C11H19N3O5S. The Kier molecular flexibility index (Phi) is 8.37. The van der Waals surface area contributed by atoms with Crippen molar-refractivity contribution in [3.05, 3.63) is 0 Å². The maximum atomic E-state index is 11.7. The SMILES string of the molecule is CSCC(=O)NC(C)C(=O)NC(C)C(=O)NCC(=O)O. The third-order valence-electron chi connectivity index (χ3n) is 2.21. The Morgan fingerprint density at radius 3 is 2.10 bits per heavy atom. The fraction of sp³-hybridized carbons (Fsp3) is 0.636. The number of rotatable bonds is 8. The molecule has 0 spiro atoms. The van der Waals surface area contributed by atoms with Crippen LogP contribution in [0.15, 0.2) is 0 Å². The lowest BCUT2D eigenvalue weighted by Gasteiger charge is -2.17. The van der Waals surface area contributed by atoms with Crippen LogP contribution in [0.1, 0.15) is 13.8 Å². The van der Waals surface area contributed by atoms with Crippen molar-refractivity contribution in [1.82, 2.24) is 16.0 Å². The van der Waals surface area contributed by atoms with E-state index in [4.69, 9.17) is 5.11 Å². The van der Waals surface area contributed by atoms with E-state index in [1.807, 2.05) is 0 Å². The second kappa shape index (κ2) is 9.18. The van der Waals surface area contributed by atoms with Crippen molar-refractivity contribution >= 4 is 35.5 Å². The number of amides is 3. The minimum absolute atomic E-state index is 0.242. The largest absolute Gasteiger partial charge is 0.480 e. The third kappa shape index (κ3) is 7.62. The zero-order valence-corrected chi connectivity index (χ0v) is 12.4. The molecule has 2 unspecified atom stereocenters. The summed E-state index contributed by atoms with van der Waals surface area (Å²) in [5.74, 6) is -2.33. The van der Waals surface area contributed by atoms with Crippen molar-refractivity contribution in [3.8, 4) is 0 Å². The summed E-state index contributed by atoms with van der Waals surface area (Å²) >= 11 is 1.33. The highest BCUT2D eigenvalue weighted by atomic mass is 32.2. The molecule has 0 aromatic carbocycles. The summed E-state index contributed by atoms with van der Waals surface area (Å²) in [6.07, 6.45) is 1.76. The first-order valence-electron chi connectivity index (χ1n) is 5.86. The van der Waals surface area contributed by atoms with E-state index in [1.54, 1.807) is 6.26 Å². The lowest BCUT2D eigenvalue weighted by atomic mass is 10.2. The van der Waals surface area contributed by atoms with E-state index in [1.165, 1.54) is 25.6 Å². The van der Waals surface area contributed by atoms with Gasteiger partial charge in [-0.25, -0.2) is 0 Å². The molecule has 3 amide bonds. The molecule has 8 nitrogen and oxygen atoms in total. The normalized spacial score (nSPS) is 12.9. The van der Waals surface area contributed by atoms with E-state index >= 15 is 0 Å². The van der Waals surface area contributed by atoms with E-state index in [0.717, 1.165) is 0 Å². The first-order chi connectivity index (χ1) is 9.27. The number of thioether (sulfide) groups is 1. The number of nitrogens with one attached hydrogen (secondary N) is 3. The minimum atomic E-state index is -1.17. The molecule has 20 heavy (non-hydrogen) atoms. The van der Waals surface area contributed by atoms with Crippen molar-refractivity contribution in [2.75, 3.05) is 18.6 Å². The smallest absolute Gasteiger partial charge is 0.322 e. The predicted molar refractivity (Wildman–Crippen MR) is 74.2 cm³/mol. The number of carbonyl (C=O) groups excluding carboxylic acids is 3. The standard InChI is InChI=1S/C11H19N3O5S/c1-6(10(18)12-4-9(16)17)14-11(19)7(2)13-8(15)5-20-3/h6-7H,4-5H2,1-3H3,(H,12,18)(H,13,15)(H,14,19)(H,16,17). The number of hydrogen-bond donors (Lipinski definition) is 4. The average Bonchev–Trinajstić information content (AvgIpc) is 2.35. The first-order valence-corrected chi connectivity index (χ1v) is 7.25. The van der Waals surface area contributed by atoms with Crippen LogP contribution in [0.2, 0.25) is 0 Å². The van der Waals surface area contributed by atoms with Crippen LogP contribution < -0.4 is 16.0 Å². The van der Waals surface area contributed by atoms with Gasteiger partial charge in [0, 0.05) is 0 Å². The predicted octanol–water partition coefficient (Wildman–Crippen LogP) is -1.44. The zero-order valence-electron chi connectivity index (χ0n) is 11.6. The lowest BCUT2D eigenvalue weighted by Crippen LogP contribution is -2.52. The molecule has 114 valence electrons. The van der Waals surface area contributed by atoms with E-state index in [-0.39, 0.29) is 11.7 Å². The summed E-state index contributed by atoms with van der Waals surface area (Å²) < 4.78 is 0. The highest BCUT2D eigenvalue weighted by Crippen LogP contribution is 1.92. The van der Waals surface area contributed by atoms with Gasteiger partial charge in [0.25, 0.3) is 0 Å². The van der Waals surface area contributed by atoms with Crippen molar-refractivity contribution in [1.29, 1.82) is 0 Å². The molecule has 0 radical (unpaired) electrons. The summed E-state index contributed by atoms with van der Waals surface area (Å²) in [5.41, 5.74) is 0. The van der Waals surface area contributed by atoms with E-state index in [2.05, 4.69) is 16.0 Å². The Hall–Kier alpha value is -1.77. The zero-order chi connectivity index (χ0) is 15.7. The maximum Gasteiger partial charge on any atom is 0.322 e. The molecule has 0 aliphatic heterocycles. The summed E-state index contributed by atoms with van der Waals surface area (Å²) in [6, 6.07) is -1.66. The molecule has 0 aromatic heterocycles. The number of carbonyl (C=O) groups is 4. The molecule has 0 fully saturated rings. The van der Waals surface area contributed by atoms with Gasteiger partial charge in [-0.05, 0) is 20.1 Å². The maximum absolute atomic E-state index is 11.7. The molecule has 0 aromatic rings. The van der Waals surface area contributed by atoms with Gasteiger partial charge in [-0.3, -0.25) is 19.2 Å². The Balaban J connectivity index is 4.20. The Labute approximate surface area is 121 Å². The van der Waals surface area contributed by atoms with Gasteiger partial charge in [0.05, 0.1) is 5.75 Å². The molecule has 0 bridgehead atoms. The minimum Gasteiger partial charge on any atom is -0.480 e. The molecule has 4 N–H and O–H groups in total. The van der Waals surface area contributed by atoms with E-state index in [0.29, 0.717) is 0 Å². The highest BCUT2D eigenvalue weighted by molar-refractivity contribution is 7.99. The fourth-order valence-corrected chi connectivity index (χ4v) is 1.55. The monoisotopic (exact) mass is 305 g/mol. The van der Waals surface area contributed by atoms with Crippen molar-refractivity contribution in [2.45, 2.75) is 25.9 Å². The van der Waals surface area contributed by atoms with Gasteiger partial charge in [-0.15, -0.1) is 0 Å². The van der Waals surface area contributed by atoms with Gasteiger partial charge in [-0.1, -0.05) is 0 Å². The number of hydrogen-bond acceptors (Lipinski definition) is 5. The van der Waals surface area contributed by atoms with Gasteiger partial charge in [-0.2, -0.15) is 11.8 Å². The van der Waals surface area contributed by atoms with Gasteiger partial charge in [0.15, 0.2) is 0 Å². The molecule has 0 saturated carbocycles. The van der Waals surface area contributed by atoms with Crippen LogP contribution in [0, 0.1) is 0 Å². The van der Waals surface area contributed by atoms with Crippen LogP contribution in [0.25, 0.3) is 0 Å². The lowest BCUT2D eigenvalue weighted by molar-refractivity contribution is -0.138. The van der Waals surface area contributed by atoms with Gasteiger partial charge in [0.2, 0.25) is 17.7 Å². The van der Waals surface area contributed by atoms with Crippen LogP contribution in [-0.4, -0.2) is 59.4 Å². The summed E-state index contributed by atoms with van der Waals surface area (Å²) in [7, 11) is 0. The quantitative estimate of drug-likeness (QED) is 0.435. The Bertz CT molecular complexity index is 388. The van der Waals surface area contributed by atoms with Gasteiger partial charge < -0.3 is 21.1 Å². The van der Waals surface area contributed by atoms with Gasteiger partial charge >= 0.3 is 5.97 Å². The summed E-state index contributed by atoms with van der Waals surface area (Å²) in [4.78, 5) is 44.7. The second-order valence-corrected chi connectivity index (χ2v) is 4.93. The molecule has 0 aliphatic rings. The van der Waals surface area contributed by atoms with Crippen LogP contribution >= 0.6 is 11.8 Å². The Morgan fingerprint density at radius 2 is 1.60 bits per heavy atom. The van der Waals surface area contributed by atoms with Crippen molar-refractivity contribution in [2.24, 2.45) is 0 Å². The molecule has 0 rings (SSSR count). The van der Waals surface area contributed by atoms with Crippen LogP contribution in [0.4, 0.5) is 0 Å². The molecule has 0 aliphatic carbocycles. The van der Waals surface area contributed by atoms with E-state index in [9.17, 15) is 19.2 Å². The summed E-state index contributed by atoms with van der Waals surface area (Å²) in [6.45, 7) is 2.40. The van der Waals surface area contributed by atoms with Gasteiger partial charge in [0.1, 0.15) is 18.6 Å². The average molecular weight is 305 g/mol. The number of carboxylic acids is 1. The molecule has 0 saturated heterocycles. The topological polar surface area (TPSA) is 125 Å². The number of aliphatic carboxylic acids is 1. The van der Waals surface area contributed by atoms with Crippen molar-refractivity contribution < 1.29 is 24.3 Å². The van der Waals surface area contributed by atoms with E-state index < -0.39 is 36.4 Å². The van der Waals surface area contributed by atoms with Crippen LogP contribution in [0.5, 0.6) is 0 Å². The first kappa shape index (κ1) is 18.2. The Morgan fingerprint density at radius 1 is 1.05 bits per heavy atom. The molecule has 0 heterocycles. The van der Waals surface area contributed by atoms with Crippen LogP contribution in [-0.2, 0) is 19.2 Å². The molecule has 9 heteroatoms. The third-order valence-corrected chi connectivity index (χ3v) is 2.76. The summed E-state index contributed by atoms with van der Waals surface area (Å²) in [5, 5.41) is 15.4. The molecule has 2 atom stereocenters. The highest BCUT2D eigenvalue weighted by Gasteiger charge is 2.20. The number of carboxylic acid groups (broad SMARTS) is 1. The molecular weight excluding hydrogens is 286 g/mol. The fourth-order valence-electron chi connectivity index (χ4n) is 1.20. The second-order valence-electron chi connectivity index (χ2n) is 4.06. The van der Waals surface area contributed by atoms with Crippen molar-refractivity contribution in [3.63, 3.8) is 0 Å².